The first kappa shape index (κ1) is 17.4. The Bertz CT molecular complexity index is 785. The topological polar surface area (TPSA) is 57.6 Å². The molecule has 4 nitrogen and oxygen atoms in total. The number of aliphatic hydroxyl groups is 1. The summed E-state index contributed by atoms with van der Waals surface area (Å²) in [7, 11) is 0. The highest BCUT2D eigenvalue weighted by Crippen LogP contribution is 2.34. The Hall–Kier alpha value is -2.46. The van der Waals surface area contributed by atoms with Crippen LogP contribution in [0.15, 0.2) is 65.5 Å². The molecule has 1 aliphatic heterocycles. The molecule has 2 aliphatic rings. The van der Waals surface area contributed by atoms with Gasteiger partial charge in [-0.05, 0) is 43.1 Å². The maximum Gasteiger partial charge on any atom is 0.204 e. The van der Waals surface area contributed by atoms with E-state index in [4.69, 9.17) is 0 Å². The summed E-state index contributed by atoms with van der Waals surface area (Å²) in [5.41, 5.74) is 1.27. The molecule has 1 atom stereocenters. The molecule has 3 rings (SSSR count). The number of rotatable bonds is 5. The SMILES string of the molecule is CCCCC1=CC2=CC(=O)C(C)(O)C(=O)C2=CN1Cc1ccccc1. The molecule has 1 N–H and O–H groups in total. The summed E-state index contributed by atoms with van der Waals surface area (Å²) in [6.07, 6.45) is 8.07. The molecule has 0 saturated heterocycles. The lowest BCUT2D eigenvalue weighted by Crippen LogP contribution is -2.47. The van der Waals surface area contributed by atoms with Gasteiger partial charge in [-0.2, -0.15) is 0 Å². The van der Waals surface area contributed by atoms with Gasteiger partial charge in [0.25, 0.3) is 0 Å². The van der Waals surface area contributed by atoms with E-state index in [2.05, 4.69) is 11.8 Å². The van der Waals surface area contributed by atoms with E-state index in [0.717, 1.165) is 30.5 Å². The van der Waals surface area contributed by atoms with Gasteiger partial charge >= 0.3 is 0 Å². The number of Topliss-reactive ketones (excluding diaryl/α,β-unsaturated/α-hetero) is 1. The number of benzene rings is 1. The van der Waals surface area contributed by atoms with Crippen molar-refractivity contribution < 1.29 is 14.7 Å². The lowest BCUT2D eigenvalue weighted by molar-refractivity contribution is -0.144. The maximum atomic E-state index is 12.6. The van der Waals surface area contributed by atoms with Gasteiger partial charge in [-0.1, -0.05) is 43.7 Å². The van der Waals surface area contributed by atoms with Crippen LogP contribution in [0.1, 0.15) is 38.7 Å². The molecule has 25 heavy (non-hydrogen) atoms. The van der Waals surface area contributed by atoms with E-state index < -0.39 is 17.2 Å². The van der Waals surface area contributed by atoms with Gasteiger partial charge in [0.05, 0.1) is 0 Å². The van der Waals surface area contributed by atoms with Gasteiger partial charge in [0.2, 0.25) is 5.78 Å². The summed E-state index contributed by atoms with van der Waals surface area (Å²) in [6, 6.07) is 10.0. The van der Waals surface area contributed by atoms with Crippen molar-refractivity contribution in [3.05, 3.63) is 71.1 Å². The lowest BCUT2D eigenvalue weighted by Gasteiger charge is -2.33. The lowest BCUT2D eigenvalue weighted by atomic mass is 9.79. The Morgan fingerprint density at radius 2 is 1.84 bits per heavy atom. The van der Waals surface area contributed by atoms with Crippen LogP contribution in [0.2, 0.25) is 0 Å². The number of carbonyl (C=O) groups excluding carboxylic acids is 2. The molecule has 1 unspecified atom stereocenters. The minimum atomic E-state index is -1.97. The number of allylic oxidation sites excluding steroid dienone is 3. The zero-order valence-corrected chi connectivity index (χ0v) is 14.7. The fourth-order valence-corrected chi connectivity index (χ4v) is 3.12. The maximum absolute atomic E-state index is 12.6. The highest BCUT2D eigenvalue weighted by atomic mass is 16.3. The Morgan fingerprint density at radius 3 is 2.52 bits per heavy atom. The highest BCUT2D eigenvalue weighted by Gasteiger charge is 2.44. The zero-order chi connectivity index (χ0) is 18.0. The van der Waals surface area contributed by atoms with Gasteiger partial charge in [-0.25, -0.2) is 0 Å². The fourth-order valence-electron chi connectivity index (χ4n) is 3.12. The first-order chi connectivity index (χ1) is 11.9. The van der Waals surface area contributed by atoms with Crippen molar-refractivity contribution in [3.8, 4) is 0 Å². The molecule has 0 radical (unpaired) electrons. The summed E-state index contributed by atoms with van der Waals surface area (Å²) >= 11 is 0. The Kier molecular flexibility index (Phi) is 4.73. The molecule has 1 aromatic carbocycles. The standard InChI is InChI=1S/C21H23NO3/c1-3-4-10-17-11-16-12-19(23)21(2,25)20(24)18(16)14-22(17)13-15-8-6-5-7-9-15/h5-9,11-12,14,25H,3-4,10,13H2,1-2H3. The van der Waals surface area contributed by atoms with E-state index in [-0.39, 0.29) is 0 Å². The third-order valence-corrected chi connectivity index (χ3v) is 4.72. The van der Waals surface area contributed by atoms with Gasteiger partial charge in [-0.15, -0.1) is 0 Å². The monoisotopic (exact) mass is 337 g/mol. The Balaban J connectivity index is 1.98. The van der Waals surface area contributed by atoms with Crippen molar-refractivity contribution in [2.45, 2.75) is 45.3 Å². The summed E-state index contributed by atoms with van der Waals surface area (Å²) in [5.74, 6) is -1.08. The minimum absolute atomic E-state index is 0.403. The molecule has 130 valence electrons. The second-order valence-electron chi connectivity index (χ2n) is 6.76. The average molecular weight is 337 g/mol. The molecule has 0 amide bonds. The first-order valence-corrected chi connectivity index (χ1v) is 8.70. The normalized spacial score (nSPS) is 23.0. The summed E-state index contributed by atoms with van der Waals surface area (Å²) in [4.78, 5) is 26.7. The second-order valence-corrected chi connectivity index (χ2v) is 6.76. The summed E-state index contributed by atoms with van der Waals surface area (Å²) in [6.45, 7) is 4.05. The molecule has 1 aliphatic carbocycles. The van der Waals surface area contributed by atoms with E-state index in [1.807, 2.05) is 36.4 Å². The highest BCUT2D eigenvalue weighted by molar-refractivity contribution is 6.25. The van der Waals surface area contributed by atoms with Crippen molar-refractivity contribution in [3.63, 3.8) is 0 Å². The molecule has 0 aromatic heterocycles. The molecule has 0 bridgehead atoms. The van der Waals surface area contributed by atoms with Crippen molar-refractivity contribution in [1.29, 1.82) is 0 Å². The van der Waals surface area contributed by atoms with Gasteiger partial charge in [0, 0.05) is 24.0 Å². The largest absolute Gasteiger partial charge is 0.374 e. The second kappa shape index (κ2) is 6.81. The van der Waals surface area contributed by atoms with Crippen LogP contribution >= 0.6 is 0 Å². The predicted molar refractivity (Wildman–Crippen MR) is 96.4 cm³/mol. The smallest absolute Gasteiger partial charge is 0.204 e. The van der Waals surface area contributed by atoms with E-state index in [1.165, 1.54) is 13.0 Å². The van der Waals surface area contributed by atoms with Crippen molar-refractivity contribution in [2.24, 2.45) is 0 Å². The van der Waals surface area contributed by atoms with Gasteiger partial charge in [0.1, 0.15) is 0 Å². The van der Waals surface area contributed by atoms with Gasteiger partial charge in [-0.3, -0.25) is 9.59 Å². The number of hydrogen-bond acceptors (Lipinski definition) is 4. The molecule has 0 saturated carbocycles. The number of hydrogen-bond donors (Lipinski definition) is 1. The molecule has 0 fully saturated rings. The van der Waals surface area contributed by atoms with Crippen LogP contribution in [-0.2, 0) is 16.1 Å². The molecule has 4 heteroatoms. The Morgan fingerprint density at radius 1 is 1.12 bits per heavy atom. The predicted octanol–water partition coefficient (Wildman–Crippen LogP) is 3.29. The number of unbranched alkanes of at least 4 members (excludes halogenated alkanes) is 1. The minimum Gasteiger partial charge on any atom is -0.374 e. The molecule has 0 spiro atoms. The van der Waals surface area contributed by atoms with Gasteiger partial charge in [0.15, 0.2) is 11.4 Å². The van der Waals surface area contributed by atoms with Crippen LogP contribution in [0.4, 0.5) is 0 Å². The number of ketones is 2. The third kappa shape index (κ3) is 3.35. The van der Waals surface area contributed by atoms with E-state index in [9.17, 15) is 14.7 Å². The number of carbonyl (C=O) groups is 2. The van der Waals surface area contributed by atoms with E-state index in [1.54, 1.807) is 6.20 Å². The van der Waals surface area contributed by atoms with Crippen LogP contribution in [0.25, 0.3) is 0 Å². The van der Waals surface area contributed by atoms with Crippen LogP contribution in [0.5, 0.6) is 0 Å². The molecule has 1 aromatic rings. The van der Waals surface area contributed by atoms with Crippen LogP contribution in [0, 0.1) is 0 Å². The average Bonchev–Trinajstić information content (AvgIpc) is 2.60. The van der Waals surface area contributed by atoms with Crippen LogP contribution in [-0.4, -0.2) is 27.2 Å². The van der Waals surface area contributed by atoms with E-state index >= 15 is 0 Å². The molecular weight excluding hydrogens is 314 g/mol. The third-order valence-electron chi connectivity index (χ3n) is 4.72. The fraction of sp³-hybridized carbons (Fsp3) is 0.333. The van der Waals surface area contributed by atoms with Crippen molar-refractivity contribution in [2.75, 3.05) is 0 Å². The van der Waals surface area contributed by atoms with Crippen molar-refractivity contribution in [1.82, 2.24) is 4.90 Å². The summed E-state index contributed by atoms with van der Waals surface area (Å²) < 4.78 is 0. The van der Waals surface area contributed by atoms with E-state index in [0.29, 0.717) is 17.7 Å². The molecule has 1 heterocycles. The van der Waals surface area contributed by atoms with Crippen molar-refractivity contribution >= 4 is 11.6 Å². The van der Waals surface area contributed by atoms with Crippen LogP contribution in [0.3, 0.4) is 0 Å². The zero-order valence-electron chi connectivity index (χ0n) is 14.7. The van der Waals surface area contributed by atoms with Gasteiger partial charge < -0.3 is 10.0 Å². The molecular formula is C21H23NO3. The first-order valence-electron chi connectivity index (χ1n) is 8.70. The number of nitrogens with zero attached hydrogens (tertiary/aromatic N) is 1. The quantitative estimate of drug-likeness (QED) is 0.838. The number of fused-ring (bicyclic) bond motifs is 1. The summed E-state index contributed by atoms with van der Waals surface area (Å²) in [5, 5.41) is 10.2. The Labute approximate surface area is 148 Å². The van der Waals surface area contributed by atoms with Crippen LogP contribution < -0.4 is 0 Å².